The fourth-order valence-electron chi connectivity index (χ4n) is 6.94. The summed E-state index contributed by atoms with van der Waals surface area (Å²) in [5, 5.41) is 0.631. The number of halogens is 2. The van der Waals surface area contributed by atoms with Gasteiger partial charge in [0, 0.05) is 72.1 Å². The Morgan fingerprint density at radius 1 is 0.932 bits per heavy atom. The van der Waals surface area contributed by atoms with E-state index < -0.39 is 5.92 Å². The van der Waals surface area contributed by atoms with Gasteiger partial charge in [0.05, 0.1) is 11.1 Å². The lowest BCUT2D eigenvalue weighted by molar-refractivity contribution is -0.119. The minimum atomic E-state index is -0.473. The predicted octanol–water partition coefficient (Wildman–Crippen LogP) is 8.80. The molecule has 0 aromatic heterocycles. The van der Waals surface area contributed by atoms with Gasteiger partial charge in [0.25, 0.3) is 0 Å². The van der Waals surface area contributed by atoms with Gasteiger partial charge in [0.15, 0.2) is 23.1 Å². The largest absolute Gasteiger partial charge is 0.490 e. The van der Waals surface area contributed by atoms with Crippen molar-refractivity contribution in [1.29, 1.82) is 0 Å². The number of Topliss-reactive ketones (excluding diaryl/α,β-unsaturated/α-hetero) is 2. The van der Waals surface area contributed by atoms with Gasteiger partial charge in [-0.25, -0.2) is 0 Å². The number of hydrogen-bond donors (Lipinski definition) is 0. The Labute approximate surface area is 274 Å². The molecular weight excluding hydrogens is 642 g/mol. The molecule has 6 nitrogen and oxygen atoms in total. The van der Waals surface area contributed by atoms with Gasteiger partial charge in [-0.15, -0.1) is 0 Å². The summed E-state index contributed by atoms with van der Waals surface area (Å²) in [6.07, 6.45) is 3.21. The van der Waals surface area contributed by atoms with Gasteiger partial charge in [0.2, 0.25) is 0 Å². The van der Waals surface area contributed by atoms with Gasteiger partial charge in [-0.2, -0.15) is 0 Å². The second-order valence-electron chi connectivity index (χ2n) is 13.7. The Morgan fingerprint density at radius 2 is 1.55 bits per heavy atom. The first-order chi connectivity index (χ1) is 20.9. The molecule has 1 aliphatic heterocycles. The summed E-state index contributed by atoms with van der Waals surface area (Å²) >= 11 is 10.2. The highest BCUT2D eigenvalue weighted by Gasteiger charge is 2.49. The predicted molar refractivity (Wildman–Crippen MR) is 177 cm³/mol. The summed E-state index contributed by atoms with van der Waals surface area (Å²) in [6.45, 7) is 12.6. The number of benzene rings is 2. The van der Waals surface area contributed by atoms with Crippen LogP contribution >= 0.6 is 27.5 Å². The average molecular weight is 685 g/mol. The summed E-state index contributed by atoms with van der Waals surface area (Å²) in [6, 6.07) is 11.5. The van der Waals surface area contributed by atoms with Crippen molar-refractivity contribution in [3.63, 3.8) is 0 Å². The minimum absolute atomic E-state index is 0.107. The number of ketones is 2. The molecule has 0 bridgehead atoms. The lowest BCUT2D eigenvalue weighted by Crippen LogP contribution is -2.44. The molecule has 0 atom stereocenters. The molecule has 0 radical (unpaired) electrons. The van der Waals surface area contributed by atoms with Gasteiger partial charge in [-0.3, -0.25) is 9.59 Å². The standard InChI is InChI=1S/C36H43BrClNO5/c1-7-43-30-16-23(15-24(37)34(30)44-21-22-11-8-9-12-25(22)38)31-32-26(17-35(2,3)19-28(32)40)39(13-10-14-42-6)27-18-36(4,5)20-29(41)33(27)31/h8-9,11-12,15-16,31H,7,10,13-14,17-21H2,1-6H3. The van der Waals surface area contributed by atoms with Crippen molar-refractivity contribution >= 4 is 39.1 Å². The van der Waals surface area contributed by atoms with Crippen LogP contribution in [0.3, 0.4) is 0 Å². The Bertz CT molecular complexity index is 1470. The number of carbonyl (C=O) groups excluding carboxylic acids is 2. The van der Waals surface area contributed by atoms with Crippen molar-refractivity contribution in [2.75, 3.05) is 26.9 Å². The fourth-order valence-corrected chi connectivity index (χ4v) is 7.71. The molecule has 2 aliphatic carbocycles. The second kappa shape index (κ2) is 13.0. The molecule has 0 fully saturated rings. The van der Waals surface area contributed by atoms with Crippen LogP contribution in [0.5, 0.6) is 11.5 Å². The lowest BCUT2D eigenvalue weighted by atomic mass is 9.63. The number of ether oxygens (including phenoxy) is 3. The molecule has 1 heterocycles. The zero-order valence-corrected chi connectivity index (χ0v) is 29.0. The molecule has 0 amide bonds. The third kappa shape index (κ3) is 6.66. The first kappa shape index (κ1) is 32.8. The zero-order chi connectivity index (χ0) is 31.8. The van der Waals surface area contributed by atoms with Crippen molar-refractivity contribution in [3.8, 4) is 11.5 Å². The van der Waals surface area contributed by atoms with Crippen molar-refractivity contribution in [2.45, 2.75) is 79.2 Å². The van der Waals surface area contributed by atoms with Crippen molar-refractivity contribution in [3.05, 3.63) is 79.6 Å². The Morgan fingerprint density at radius 3 is 2.11 bits per heavy atom. The van der Waals surface area contributed by atoms with Gasteiger partial charge < -0.3 is 19.1 Å². The third-order valence-corrected chi connectivity index (χ3v) is 9.70. The highest BCUT2D eigenvalue weighted by molar-refractivity contribution is 9.10. The molecule has 5 rings (SSSR count). The van der Waals surface area contributed by atoms with Crippen LogP contribution in [-0.4, -0.2) is 43.3 Å². The first-order valence-electron chi connectivity index (χ1n) is 15.5. The SMILES string of the molecule is CCOc1cc(C2C3=C(CC(C)(C)CC3=O)N(CCCOC)C3=C2C(=O)CC(C)(C)C3)cc(Br)c1OCc1ccccc1Cl. The minimum Gasteiger partial charge on any atom is -0.490 e. The number of carbonyl (C=O) groups is 2. The zero-order valence-electron chi connectivity index (χ0n) is 26.6. The number of methoxy groups -OCH3 is 1. The van der Waals surface area contributed by atoms with Crippen molar-refractivity contribution < 1.29 is 23.8 Å². The molecule has 2 aromatic carbocycles. The summed E-state index contributed by atoms with van der Waals surface area (Å²) < 4.78 is 18.5. The highest BCUT2D eigenvalue weighted by atomic mass is 79.9. The summed E-state index contributed by atoms with van der Waals surface area (Å²) in [4.78, 5) is 30.6. The van der Waals surface area contributed by atoms with Crippen molar-refractivity contribution in [2.24, 2.45) is 10.8 Å². The average Bonchev–Trinajstić information content (AvgIpc) is 2.92. The molecule has 0 spiro atoms. The molecule has 0 saturated heterocycles. The van der Waals surface area contributed by atoms with E-state index in [4.69, 9.17) is 25.8 Å². The second-order valence-corrected chi connectivity index (χ2v) is 14.9. The van der Waals surface area contributed by atoms with Crippen LogP contribution in [0.15, 0.2) is 63.4 Å². The van der Waals surface area contributed by atoms with Crippen LogP contribution in [0, 0.1) is 10.8 Å². The van der Waals surface area contributed by atoms with E-state index in [2.05, 4.69) is 48.5 Å². The van der Waals surface area contributed by atoms with E-state index in [1.807, 2.05) is 43.3 Å². The van der Waals surface area contributed by atoms with Gasteiger partial charge in [0.1, 0.15) is 6.61 Å². The molecular formula is C36H43BrClNO5. The molecule has 3 aliphatic rings. The fraction of sp³-hybridized carbons (Fsp3) is 0.500. The monoisotopic (exact) mass is 683 g/mol. The molecule has 2 aromatic rings. The number of nitrogens with zero attached hydrogens (tertiary/aromatic N) is 1. The van der Waals surface area contributed by atoms with Crippen LogP contribution in [0.2, 0.25) is 5.02 Å². The van der Waals surface area contributed by atoms with Gasteiger partial charge in [-0.1, -0.05) is 57.5 Å². The number of allylic oxidation sites excluding steroid dienone is 4. The molecule has 0 saturated carbocycles. The van der Waals surface area contributed by atoms with E-state index in [1.54, 1.807) is 7.11 Å². The van der Waals surface area contributed by atoms with Crippen LogP contribution in [0.1, 0.15) is 83.8 Å². The maximum Gasteiger partial charge on any atom is 0.175 e. The Balaban J connectivity index is 1.66. The van der Waals surface area contributed by atoms with Crippen LogP contribution in [0.25, 0.3) is 0 Å². The third-order valence-electron chi connectivity index (χ3n) is 8.75. The molecule has 8 heteroatoms. The van der Waals surface area contributed by atoms with Crippen LogP contribution < -0.4 is 9.47 Å². The quantitative estimate of drug-likeness (QED) is 0.233. The Kier molecular flexibility index (Phi) is 9.69. The maximum absolute atomic E-state index is 14.1. The van der Waals surface area contributed by atoms with E-state index in [-0.39, 0.29) is 29.0 Å². The topological polar surface area (TPSA) is 65.1 Å². The number of hydrogen-bond acceptors (Lipinski definition) is 6. The lowest BCUT2D eigenvalue weighted by Gasteiger charge is -2.49. The van der Waals surface area contributed by atoms with Crippen LogP contribution in [-0.2, 0) is 20.9 Å². The maximum atomic E-state index is 14.1. The number of rotatable bonds is 10. The summed E-state index contributed by atoms with van der Waals surface area (Å²) in [5.74, 6) is 0.857. The van der Waals surface area contributed by atoms with E-state index in [0.29, 0.717) is 53.6 Å². The van der Waals surface area contributed by atoms with E-state index in [0.717, 1.165) is 52.9 Å². The van der Waals surface area contributed by atoms with E-state index >= 15 is 0 Å². The normalized spacial score (nSPS) is 19.7. The van der Waals surface area contributed by atoms with E-state index in [1.165, 1.54) is 0 Å². The first-order valence-corrected chi connectivity index (χ1v) is 16.6. The molecule has 0 N–H and O–H groups in total. The summed E-state index contributed by atoms with van der Waals surface area (Å²) in [5.41, 5.74) is 4.93. The van der Waals surface area contributed by atoms with Gasteiger partial charge >= 0.3 is 0 Å². The smallest absolute Gasteiger partial charge is 0.175 e. The molecule has 44 heavy (non-hydrogen) atoms. The van der Waals surface area contributed by atoms with Gasteiger partial charge in [-0.05, 0) is 76.7 Å². The van der Waals surface area contributed by atoms with Crippen LogP contribution in [0.4, 0.5) is 0 Å². The highest BCUT2D eigenvalue weighted by Crippen LogP contribution is 2.55. The molecule has 0 unspecified atom stereocenters. The van der Waals surface area contributed by atoms with E-state index in [9.17, 15) is 9.59 Å². The Hall–Kier alpha value is -2.61. The van der Waals surface area contributed by atoms with Crippen molar-refractivity contribution in [1.82, 2.24) is 4.90 Å². The summed E-state index contributed by atoms with van der Waals surface area (Å²) in [7, 11) is 1.71. The molecule has 236 valence electrons.